The minimum Gasteiger partial charge on any atom is -0.225 e. The summed E-state index contributed by atoms with van der Waals surface area (Å²) in [5.41, 5.74) is -1.49. The Morgan fingerprint density at radius 2 is 1.89 bits per heavy atom. The summed E-state index contributed by atoms with van der Waals surface area (Å²) < 4.78 is 63.7. The van der Waals surface area contributed by atoms with Crippen molar-refractivity contribution >= 4 is 0 Å². The van der Waals surface area contributed by atoms with Crippen molar-refractivity contribution in [3.63, 3.8) is 0 Å². The third kappa shape index (κ3) is 2.32. The highest BCUT2D eigenvalue weighted by Gasteiger charge is 2.33. The predicted molar refractivity (Wildman–Crippen MR) is 53.4 cm³/mol. The van der Waals surface area contributed by atoms with Crippen LogP contribution in [0.1, 0.15) is 5.56 Å². The Kier molecular flexibility index (Phi) is 3.02. The summed E-state index contributed by atoms with van der Waals surface area (Å²) in [7, 11) is 0. The summed E-state index contributed by atoms with van der Waals surface area (Å²) in [5.74, 6) is -2.66. The fraction of sp³-hybridized carbons (Fsp3) is 0.0833. The predicted octanol–water partition coefficient (Wildman–Crippen LogP) is 3.85. The van der Waals surface area contributed by atoms with Crippen LogP contribution < -0.4 is 0 Å². The van der Waals surface area contributed by atoms with E-state index < -0.39 is 23.5 Å². The highest BCUT2D eigenvalue weighted by Crippen LogP contribution is 2.36. The molecule has 6 heteroatoms. The molecular weight excluding hydrogens is 253 g/mol. The monoisotopic (exact) mass is 258 g/mol. The van der Waals surface area contributed by atoms with Gasteiger partial charge in [-0.3, -0.25) is 0 Å². The van der Waals surface area contributed by atoms with Crippen LogP contribution in [0.25, 0.3) is 11.1 Å². The molecular formula is C12H5F5N. The molecule has 93 valence electrons. The first-order valence-electron chi connectivity index (χ1n) is 4.79. The first-order chi connectivity index (χ1) is 8.39. The summed E-state index contributed by atoms with van der Waals surface area (Å²) in [6.07, 6.45) is -3.78. The number of hydrogen-bond acceptors (Lipinski definition) is 1. The SMILES string of the molecule is Fc1cc(-c2ccc[c]c2C(F)(F)F)cnc1F. The third-order valence-electron chi connectivity index (χ3n) is 2.25. The van der Waals surface area contributed by atoms with Gasteiger partial charge in [-0.25, -0.2) is 9.37 Å². The topological polar surface area (TPSA) is 12.9 Å². The fourth-order valence-corrected chi connectivity index (χ4v) is 1.48. The summed E-state index contributed by atoms with van der Waals surface area (Å²) in [4.78, 5) is 3.06. The van der Waals surface area contributed by atoms with E-state index in [9.17, 15) is 22.0 Å². The summed E-state index contributed by atoms with van der Waals surface area (Å²) in [5, 5.41) is 0. The highest BCUT2D eigenvalue weighted by molar-refractivity contribution is 5.66. The molecule has 2 aromatic rings. The second-order valence-corrected chi connectivity index (χ2v) is 3.45. The lowest BCUT2D eigenvalue weighted by atomic mass is 10.0. The molecule has 1 aromatic carbocycles. The lowest BCUT2D eigenvalue weighted by Crippen LogP contribution is -2.07. The molecule has 1 heterocycles. The van der Waals surface area contributed by atoms with Crippen molar-refractivity contribution < 1.29 is 22.0 Å². The Bertz CT molecular complexity index is 577. The van der Waals surface area contributed by atoms with Crippen molar-refractivity contribution in [2.24, 2.45) is 0 Å². The molecule has 0 saturated heterocycles. The molecule has 18 heavy (non-hydrogen) atoms. The summed E-state index contributed by atoms with van der Waals surface area (Å²) in [6, 6.07) is 6.28. The number of alkyl halides is 3. The smallest absolute Gasteiger partial charge is 0.225 e. The zero-order valence-electron chi connectivity index (χ0n) is 8.72. The number of nitrogens with zero attached hydrogens (tertiary/aromatic N) is 1. The quantitative estimate of drug-likeness (QED) is 0.559. The summed E-state index contributed by atoms with van der Waals surface area (Å²) >= 11 is 0. The van der Waals surface area contributed by atoms with E-state index in [1.54, 1.807) is 0 Å². The molecule has 0 fully saturated rings. The highest BCUT2D eigenvalue weighted by atomic mass is 19.4. The first kappa shape index (κ1) is 12.5. The molecule has 0 aliphatic carbocycles. The second-order valence-electron chi connectivity index (χ2n) is 3.45. The molecule has 0 atom stereocenters. The molecule has 0 aliphatic rings. The Morgan fingerprint density at radius 1 is 1.17 bits per heavy atom. The molecule has 2 rings (SSSR count). The standard InChI is InChI=1S/C12H5F5N/c13-10-5-7(6-18-11(10)14)8-3-1-2-4-9(8)12(15,16)17/h1-3,5-6H. The number of pyridine rings is 1. The van der Waals surface area contributed by atoms with Crippen LogP contribution >= 0.6 is 0 Å². The maximum absolute atomic E-state index is 13.0. The van der Waals surface area contributed by atoms with Crippen LogP contribution in [-0.4, -0.2) is 4.98 Å². The Balaban J connectivity index is 2.61. The fourth-order valence-electron chi connectivity index (χ4n) is 1.48. The van der Waals surface area contributed by atoms with Gasteiger partial charge in [-0.1, -0.05) is 18.2 Å². The average Bonchev–Trinajstić information content (AvgIpc) is 2.32. The third-order valence-corrected chi connectivity index (χ3v) is 2.25. The lowest BCUT2D eigenvalue weighted by Gasteiger charge is -2.12. The van der Waals surface area contributed by atoms with Crippen molar-refractivity contribution in [2.45, 2.75) is 6.18 Å². The van der Waals surface area contributed by atoms with Crippen LogP contribution in [0.4, 0.5) is 22.0 Å². The van der Waals surface area contributed by atoms with E-state index in [1.165, 1.54) is 6.07 Å². The molecule has 0 unspecified atom stereocenters. The van der Waals surface area contributed by atoms with Gasteiger partial charge in [-0.15, -0.1) is 0 Å². The molecule has 1 nitrogen and oxygen atoms in total. The average molecular weight is 258 g/mol. The van der Waals surface area contributed by atoms with Crippen LogP contribution in [0.5, 0.6) is 0 Å². The van der Waals surface area contributed by atoms with E-state index in [4.69, 9.17) is 0 Å². The van der Waals surface area contributed by atoms with Gasteiger partial charge in [0.15, 0.2) is 5.82 Å². The molecule has 1 radical (unpaired) electrons. The zero-order valence-corrected chi connectivity index (χ0v) is 8.72. The number of hydrogen-bond donors (Lipinski definition) is 0. The number of rotatable bonds is 1. The van der Waals surface area contributed by atoms with Gasteiger partial charge in [0.2, 0.25) is 5.95 Å². The largest absolute Gasteiger partial charge is 0.417 e. The maximum atomic E-state index is 13.0. The first-order valence-corrected chi connectivity index (χ1v) is 4.79. The van der Waals surface area contributed by atoms with Crippen molar-refractivity contribution in [3.8, 4) is 11.1 Å². The van der Waals surface area contributed by atoms with E-state index in [0.717, 1.165) is 18.3 Å². The number of halogens is 5. The molecule has 0 aliphatic heterocycles. The van der Waals surface area contributed by atoms with Crippen LogP contribution in [0.2, 0.25) is 0 Å². The van der Waals surface area contributed by atoms with Gasteiger partial charge in [0, 0.05) is 11.8 Å². The van der Waals surface area contributed by atoms with E-state index in [1.807, 2.05) is 6.07 Å². The van der Waals surface area contributed by atoms with Gasteiger partial charge in [0.05, 0.1) is 5.56 Å². The van der Waals surface area contributed by atoms with E-state index in [2.05, 4.69) is 4.98 Å². The van der Waals surface area contributed by atoms with Gasteiger partial charge in [-0.05, 0) is 17.7 Å². The number of benzene rings is 1. The van der Waals surface area contributed by atoms with Crippen molar-refractivity contribution in [2.75, 3.05) is 0 Å². The van der Waals surface area contributed by atoms with Crippen molar-refractivity contribution in [1.82, 2.24) is 4.98 Å². The maximum Gasteiger partial charge on any atom is 0.417 e. The Labute approximate surface area is 98.9 Å². The second kappa shape index (κ2) is 4.36. The van der Waals surface area contributed by atoms with Crippen LogP contribution in [0.3, 0.4) is 0 Å². The van der Waals surface area contributed by atoms with Crippen LogP contribution in [0.15, 0.2) is 30.5 Å². The van der Waals surface area contributed by atoms with Gasteiger partial charge in [0.1, 0.15) is 0 Å². The molecule has 0 bridgehead atoms. The minimum atomic E-state index is -4.62. The van der Waals surface area contributed by atoms with Gasteiger partial charge in [0.25, 0.3) is 0 Å². The Hall–Kier alpha value is -1.98. The van der Waals surface area contributed by atoms with E-state index >= 15 is 0 Å². The molecule has 0 saturated carbocycles. The summed E-state index contributed by atoms with van der Waals surface area (Å²) in [6.45, 7) is 0. The van der Waals surface area contributed by atoms with Gasteiger partial charge >= 0.3 is 6.18 Å². The normalized spacial score (nSPS) is 11.6. The van der Waals surface area contributed by atoms with Crippen LogP contribution in [-0.2, 0) is 6.18 Å². The molecule has 0 N–H and O–H groups in total. The molecule has 0 amide bonds. The van der Waals surface area contributed by atoms with Crippen molar-refractivity contribution in [3.05, 3.63) is 53.9 Å². The van der Waals surface area contributed by atoms with Crippen molar-refractivity contribution in [1.29, 1.82) is 0 Å². The van der Waals surface area contributed by atoms with Gasteiger partial charge in [-0.2, -0.15) is 17.6 Å². The molecule has 0 spiro atoms. The van der Waals surface area contributed by atoms with E-state index in [0.29, 0.717) is 6.07 Å². The molecule has 1 aromatic heterocycles. The van der Waals surface area contributed by atoms with Gasteiger partial charge < -0.3 is 0 Å². The lowest BCUT2D eigenvalue weighted by molar-refractivity contribution is -0.137. The van der Waals surface area contributed by atoms with Crippen LogP contribution in [0, 0.1) is 17.8 Å². The number of aromatic nitrogens is 1. The Morgan fingerprint density at radius 3 is 2.50 bits per heavy atom. The minimum absolute atomic E-state index is 0.155. The van der Waals surface area contributed by atoms with E-state index in [-0.39, 0.29) is 11.1 Å². The zero-order chi connectivity index (χ0) is 13.3.